The Balaban J connectivity index is 0.00000450. The minimum atomic E-state index is -4.02. The van der Waals surface area contributed by atoms with Crippen molar-refractivity contribution in [3.8, 4) is 5.75 Å². The zero-order chi connectivity index (χ0) is 21.4. The monoisotopic (exact) mass is 446 g/mol. The summed E-state index contributed by atoms with van der Waals surface area (Å²) in [6.07, 6.45) is 2.11. The van der Waals surface area contributed by atoms with Crippen LogP contribution in [-0.2, 0) is 10.1 Å². The van der Waals surface area contributed by atoms with Crippen molar-refractivity contribution in [2.75, 3.05) is 23.7 Å². The zero-order valence-electron chi connectivity index (χ0n) is 16.7. The summed E-state index contributed by atoms with van der Waals surface area (Å²) in [4.78, 5) is 15.7. The Kier molecular flexibility index (Phi) is 10.3. The van der Waals surface area contributed by atoms with Gasteiger partial charge in [-0.15, -0.1) is 10.2 Å². The molecule has 0 bridgehead atoms. The fourth-order valence-electron chi connectivity index (χ4n) is 2.52. The van der Waals surface area contributed by atoms with E-state index in [-0.39, 0.29) is 64.7 Å². The van der Waals surface area contributed by atoms with Crippen LogP contribution in [0.2, 0.25) is 0 Å². The van der Waals surface area contributed by atoms with Gasteiger partial charge in [0.25, 0.3) is 15.8 Å². The quantitative estimate of drug-likeness (QED) is 0.177. The van der Waals surface area contributed by atoms with Gasteiger partial charge in [-0.05, 0) is 31.0 Å². The molecule has 0 aliphatic heterocycles. The van der Waals surface area contributed by atoms with Gasteiger partial charge in [0.2, 0.25) is 0 Å². The summed E-state index contributed by atoms with van der Waals surface area (Å²) in [5, 5.41) is 28.6. The molecule has 0 saturated carbocycles. The SMILES string of the molecule is CCCN(CCCS(=O)(=O)O)c1ccc(N=Nc2ccc([N+](=O)[O-])cn2)c(O)c1.[Na+]. The summed E-state index contributed by atoms with van der Waals surface area (Å²) >= 11 is 0. The Morgan fingerprint density at radius 2 is 1.93 bits per heavy atom. The van der Waals surface area contributed by atoms with Crippen molar-refractivity contribution in [3.05, 3.63) is 46.6 Å². The molecular formula is C17H21N5NaO6S+. The largest absolute Gasteiger partial charge is 1.00 e. The molecule has 11 nitrogen and oxygen atoms in total. The number of rotatable bonds is 10. The molecule has 0 spiro atoms. The van der Waals surface area contributed by atoms with Crippen LogP contribution in [-0.4, -0.2) is 46.8 Å². The summed E-state index contributed by atoms with van der Waals surface area (Å²) in [5.41, 5.74) is 0.691. The Morgan fingerprint density at radius 3 is 2.47 bits per heavy atom. The molecule has 2 rings (SSSR count). The molecule has 13 heteroatoms. The van der Waals surface area contributed by atoms with Crippen LogP contribution in [0.15, 0.2) is 46.8 Å². The maximum Gasteiger partial charge on any atom is 1.00 e. The molecule has 0 fully saturated rings. The van der Waals surface area contributed by atoms with Gasteiger partial charge in [0.05, 0.1) is 10.7 Å². The predicted octanol–water partition coefficient (Wildman–Crippen LogP) is 0.609. The van der Waals surface area contributed by atoms with Crippen LogP contribution in [0.5, 0.6) is 5.75 Å². The second-order valence-corrected chi connectivity index (χ2v) is 7.70. The second kappa shape index (κ2) is 11.9. The summed E-state index contributed by atoms with van der Waals surface area (Å²) in [5.74, 6) is -0.325. The van der Waals surface area contributed by atoms with Crippen LogP contribution in [0.3, 0.4) is 0 Å². The minimum absolute atomic E-state index is 0. The normalized spacial score (nSPS) is 11.3. The van der Waals surface area contributed by atoms with Gasteiger partial charge in [0.15, 0.2) is 5.82 Å². The first-order valence-corrected chi connectivity index (χ1v) is 10.4. The Morgan fingerprint density at radius 1 is 1.20 bits per heavy atom. The molecule has 1 aromatic carbocycles. The van der Waals surface area contributed by atoms with Crippen molar-refractivity contribution in [3.63, 3.8) is 0 Å². The second-order valence-electron chi connectivity index (χ2n) is 6.13. The molecule has 0 saturated heterocycles. The molecule has 0 radical (unpaired) electrons. The fourth-order valence-corrected chi connectivity index (χ4v) is 3.02. The third-order valence-corrected chi connectivity index (χ3v) is 4.66. The van der Waals surface area contributed by atoms with Gasteiger partial charge < -0.3 is 10.0 Å². The van der Waals surface area contributed by atoms with Gasteiger partial charge in [-0.1, -0.05) is 6.92 Å². The average molecular weight is 446 g/mol. The first kappa shape index (κ1) is 25.9. The van der Waals surface area contributed by atoms with E-state index in [9.17, 15) is 23.6 Å². The van der Waals surface area contributed by atoms with Crippen molar-refractivity contribution in [1.29, 1.82) is 0 Å². The molecule has 2 N–H and O–H groups in total. The van der Waals surface area contributed by atoms with Crippen LogP contribution < -0.4 is 34.5 Å². The van der Waals surface area contributed by atoms with Crippen LogP contribution in [0.1, 0.15) is 19.8 Å². The van der Waals surface area contributed by atoms with E-state index >= 15 is 0 Å². The molecular weight excluding hydrogens is 425 g/mol. The molecule has 30 heavy (non-hydrogen) atoms. The van der Waals surface area contributed by atoms with Gasteiger partial charge in [-0.25, -0.2) is 4.98 Å². The number of hydrogen-bond donors (Lipinski definition) is 2. The first-order chi connectivity index (χ1) is 13.7. The topological polar surface area (TPSA) is 159 Å². The van der Waals surface area contributed by atoms with Gasteiger partial charge in [0.1, 0.15) is 17.6 Å². The van der Waals surface area contributed by atoms with E-state index in [2.05, 4.69) is 15.2 Å². The molecule has 156 valence electrons. The van der Waals surface area contributed by atoms with Gasteiger partial charge in [0, 0.05) is 30.9 Å². The Bertz CT molecular complexity index is 985. The number of aromatic nitrogens is 1. The molecule has 0 aliphatic rings. The van der Waals surface area contributed by atoms with Gasteiger partial charge in [-0.3, -0.25) is 14.7 Å². The minimum Gasteiger partial charge on any atom is -0.506 e. The summed E-state index contributed by atoms with van der Waals surface area (Å²) in [6, 6.07) is 7.33. The maximum atomic E-state index is 10.9. The molecule has 0 atom stereocenters. The standard InChI is InChI=1S/C17H21N5O6S.Na/c1-2-8-21(9-3-10-29(26,27)28)13-4-6-15(16(23)11-13)19-20-17-7-5-14(12-18-17)22(24)25;/h4-7,11-12,23H,2-3,8-10H2,1H3,(H,26,27,28);/q;+1. The van der Waals surface area contributed by atoms with Crippen molar-refractivity contribution in [2.24, 2.45) is 10.2 Å². The number of aromatic hydroxyl groups is 1. The van der Waals surface area contributed by atoms with E-state index in [1.54, 1.807) is 12.1 Å². The third-order valence-electron chi connectivity index (χ3n) is 3.85. The number of pyridine rings is 1. The van der Waals surface area contributed by atoms with E-state index in [4.69, 9.17) is 4.55 Å². The summed E-state index contributed by atoms with van der Waals surface area (Å²) in [7, 11) is -4.02. The van der Waals surface area contributed by atoms with Crippen LogP contribution in [0.4, 0.5) is 22.9 Å². The average Bonchev–Trinajstić information content (AvgIpc) is 2.65. The zero-order valence-corrected chi connectivity index (χ0v) is 19.5. The molecule has 0 aliphatic carbocycles. The van der Waals surface area contributed by atoms with E-state index in [0.717, 1.165) is 12.6 Å². The molecule has 1 heterocycles. The Hall–Kier alpha value is -2.12. The van der Waals surface area contributed by atoms with E-state index in [0.29, 0.717) is 18.8 Å². The van der Waals surface area contributed by atoms with Gasteiger partial charge in [-0.2, -0.15) is 8.42 Å². The van der Waals surface area contributed by atoms with Gasteiger partial charge >= 0.3 is 29.6 Å². The fraction of sp³-hybridized carbons (Fsp3) is 0.353. The number of hydrogen-bond acceptors (Lipinski definition) is 9. The number of phenols is 1. The van der Waals surface area contributed by atoms with Crippen molar-refractivity contribution in [2.45, 2.75) is 19.8 Å². The van der Waals surface area contributed by atoms with Crippen molar-refractivity contribution < 1.29 is 52.6 Å². The molecule has 0 amide bonds. The van der Waals surface area contributed by atoms with Crippen LogP contribution in [0, 0.1) is 10.1 Å². The Labute approximate surface area is 196 Å². The number of nitrogens with zero attached hydrogens (tertiary/aromatic N) is 5. The van der Waals surface area contributed by atoms with E-state index < -0.39 is 15.0 Å². The van der Waals surface area contributed by atoms with E-state index in [1.165, 1.54) is 18.2 Å². The van der Waals surface area contributed by atoms with Crippen LogP contribution >= 0.6 is 0 Å². The maximum absolute atomic E-state index is 10.9. The first-order valence-electron chi connectivity index (χ1n) is 8.75. The number of benzene rings is 1. The number of phenolic OH excluding ortho intramolecular Hbond substituents is 1. The molecule has 0 unspecified atom stereocenters. The molecule has 2 aromatic rings. The van der Waals surface area contributed by atoms with Crippen LogP contribution in [0.25, 0.3) is 0 Å². The number of nitro groups is 1. The predicted molar refractivity (Wildman–Crippen MR) is 107 cm³/mol. The number of azo groups is 1. The third kappa shape index (κ3) is 8.32. The van der Waals surface area contributed by atoms with E-state index in [1.807, 2.05) is 11.8 Å². The summed E-state index contributed by atoms with van der Waals surface area (Å²) in [6.45, 7) is 2.99. The van der Waals surface area contributed by atoms with Crippen molar-refractivity contribution >= 4 is 33.0 Å². The smallest absolute Gasteiger partial charge is 0.506 e. The molecule has 1 aromatic heterocycles. The van der Waals surface area contributed by atoms with Crippen molar-refractivity contribution in [1.82, 2.24) is 4.98 Å². The summed E-state index contributed by atoms with van der Waals surface area (Å²) < 4.78 is 30.6. The number of anilines is 1.